The fourth-order valence-electron chi connectivity index (χ4n) is 9.38. The van der Waals surface area contributed by atoms with E-state index in [-0.39, 0.29) is 6.17 Å². The zero-order valence-corrected chi connectivity index (χ0v) is 33.4. The third-order valence-electron chi connectivity index (χ3n) is 12.3. The van der Waals surface area contributed by atoms with Crippen LogP contribution in [0.15, 0.2) is 217 Å². The maximum atomic E-state index is 6.52. The molecule has 1 aliphatic carbocycles. The first-order valence-electron chi connectivity index (χ1n) is 21.0. The van der Waals surface area contributed by atoms with Crippen molar-refractivity contribution in [2.75, 3.05) is 4.90 Å². The Kier molecular flexibility index (Phi) is 8.30. The van der Waals surface area contributed by atoms with E-state index in [1.165, 1.54) is 38.3 Å². The Morgan fingerprint density at radius 3 is 2.05 bits per heavy atom. The zero-order valence-electron chi connectivity index (χ0n) is 33.4. The van der Waals surface area contributed by atoms with Crippen LogP contribution in [0.5, 0.6) is 11.5 Å². The highest BCUT2D eigenvalue weighted by Gasteiger charge is 2.28. The lowest BCUT2D eigenvalue weighted by Crippen LogP contribution is -2.28. The first kappa shape index (κ1) is 35.1. The second kappa shape index (κ2) is 14.4. The maximum absolute atomic E-state index is 6.52. The number of fused-ring (bicyclic) bond motifs is 7. The van der Waals surface area contributed by atoms with Crippen molar-refractivity contribution < 1.29 is 4.74 Å². The molecular weight excluding hydrogens is 745 g/mol. The van der Waals surface area contributed by atoms with E-state index < -0.39 is 0 Å². The van der Waals surface area contributed by atoms with Crippen LogP contribution in [0.3, 0.4) is 0 Å². The first-order chi connectivity index (χ1) is 30.2. The van der Waals surface area contributed by atoms with Gasteiger partial charge in [0, 0.05) is 22.5 Å². The van der Waals surface area contributed by atoms with Crippen molar-refractivity contribution in [1.82, 2.24) is 9.88 Å². The van der Waals surface area contributed by atoms with Gasteiger partial charge in [0.1, 0.15) is 12.0 Å². The summed E-state index contributed by atoms with van der Waals surface area (Å²) in [4.78, 5) is 7.70. The van der Waals surface area contributed by atoms with Crippen LogP contribution >= 0.6 is 0 Å². The minimum Gasteiger partial charge on any atom is -0.453 e. The Balaban J connectivity index is 1.04. The van der Waals surface area contributed by atoms with Crippen molar-refractivity contribution in [2.24, 2.45) is 4.99 Å². The number of benzene rings is 8. The molecule has 0 amide bonds. The molecule has 290 valence electrons. The molecule has 3 heterocycles. The average molecular weight is 785 g/mol. The molecular formula is C56H40N4O. The van der Waals surface area contributed by atoms with Crippen molar-refractivity contribution >= 4 is 66.7 Å². The summed E-state index contributed by atoms with van der Waals surface area (Å²) in [7, 11) is 0. The van der Waals surface area contributed by atoms with Crippen LogP contribution in [0, 0.1) is 0 Å². The molecule has 0 saturated carbocycles. The molecule has 1 N–H and O–H groups in total. The van der Waals surface area contributed by atoms with E-state index in [1.54, 1.807) is 0 Å². The van der Waals surface area contributed by atoms with Crippen LogP contribution in [0.1, 0.15) is 30.1 Å². The number of ether oxygens (including phenoxy) is 1. The quantitative estimate of drug-likeness (QED) is 0.183. The lowest BCUT2D eigenvalue weighted by molar-refractivity contribution is 0.477. The minimum atomic E-state index is -0.264. The van der Waals surface area contributed by atoms with E-state index in [1.807, 2.05) is 12.1 Å². The Hall–Kier alpha value is -7.89. The Bertz CT molecular complexity index is 3300. The number of aromatic nitrogens is 1. The number of hydrogen-bond acceptors (Lipinski definition) is 4. The molecule has 0 radical (unpaired) electrons. The topological polar surface area (TPSA) is 41.8 Å². The molecule has 5 heteroatoms. The Labute approximate surface area is 354 Å². The molecule has 61 heavy (non-hydrogen) atoms. The summed E-state index contributed by atoms with van der Waals surface area (Å²) in [5.74, 6) is 2.66. The maximum Gasteiger partial charge on any atom is 0.151 e. The van der Waals surface area contributed by atoms with Crippen LogP contribution in [-0.2, 0) is 0 Å². The van der Waals surface area contributed by atoms with Gasteiger partial charge in [-0.1, -0.05) is 152 Å². The lowest BCUT2D eigenvalue weighted by Gasteiger charge is -2.33. The minimum absolute atomic E-state index is 0.264. The standard InChI is InChI=1S/C56H40N4O/c1-4-14-37(15-5-1)38-24-26-40(27-25-38)47-36-54(58-56(57-47)41-17-6-2-7-18-41)60-49-32-29-39-16-10-11-21-45(39)55(49)46-31-28-42(34-50(46)60)43-30-33-53-51(35-43)59(44-19-8-3-9-20-44)48-22-12-13-23-52(48)61-53/h1-24,26,28-36,56,58H,25,27H2. The van der Waals surface area contributed by atoms with Gasteiger partial charge in [-0.3, -0.25) is 9.56 Å². The number of allylic oxidation sites excluding steroid dienone is 5. The summed E-state index contributed by atoms with van der Waals surface area (Å²) in [6.45, 7) is 0. The second-order valence-electron chi connectivity index (χ2n) is 15.9. The largest absolute Gasteiger partial charge is 0.453 e. The highest BCUT2D eigenvalue weighted by molar-refractivity contribution is 6.23. The van der Waals surface area contributed by atoms with Gasteiger partial charge >= 0.3 is 0 Å². The van der Waals surface area contributed by atoms with Gasteiger partial charge in [-0.05, 0) is 106 Å². The van der Waals surface area contributed by atoms with E-state index in [0.29, 0.717) is 0 Å². The molecule has 9 aromatic rings. The summed E-state index contributed by atoms with van der Waals surface area (Å²) >= 11 is 0. The molecule has 3 aliphatic rings. The lowest BCUT2D eigenvalue weighted by atomic mass is 9.90. The number of hydrogen-bond donors (Lipinski definition) is 1. The second-order valence-corrected chi connectivity index (χ2v) is 15.9. The van der Waals surface area contributed by atoms with E-state index in [9.17, 15) is 0 Å². The number of rotatable bonds is 6. The van der Waals surface area contributed by atoms with Crippen molar-refractivity contribution in [2.45, 2.75) is 19.0 Å². The van der Waals surface area contributed by atoms with Gasteiger partial charge in [-0.25, -0.2) is 0 Å². The number of para-hydroxylation sites is 3. The molecule has 1 unspecified atom stereocenters. The predicted octanol–water partition coefficient (Wildman–Crippen LogP) is 14.5. The van der Waals surface area contributed by atoms with E-state index in [4.69, 9.17) is 9.73 Å². The fourth-order valence-corrected chi connectivity index (χ4v) is 9.38. The van der Waals surface area contributed by atoms with Gasteiger partial charge in [0.2, 0.25) is 0 Å². The third-order valence-corrected chi connectivity index (χ3v) is 12.3. The van der Waals surface area contributed by atoms with E-state index in [2.05, 4.69) is 209 Å². The summed E-state index contributed by atoms with van der Waals surface area (Å²) in [6, 6.07) is 66.8. The van der Waals surface area contributed by atoms with Crippen LogP contribution in [0.2, 0.25) is 0 Å². The molecule has 1 atom stereocenters. The molecule has 0 fully saturated rings. The third kappa shape index (κ3) is 6.05. The van der Waals surface area contributed by atoms with Crippen molar-refractivity contribution in [3.63, 3.8) is 0 Å². The molecule has 5 nitrogen and oxygen atoms in total. The van der Waals surface area contributed by atoms with Crippen LogP contribution in [-0.4, -0.2) is 10.3 Å². The highest BCUT2D eigenvalue weighted by Crippen LogP contribution is 2.51. The monoisotopic (exact) mass is 784 g/mol. The van der Waals surface area contributed by atoms with Gasteiger partial charge < -0.3 is 15.0 Å². The number of aliphatic imine (C=N–C) groups is 1. The fraction of sp³-hybridized carbons (Fsp3) is 0.0536. The van der Waals surface area contributed by atoms with Gasteiger partial charge in [0.05, 0.1) is 28.1 Å². The van der Waals surface area contributed by atoms with Crippen LogP contribution in [0.25, 0.3) is 55.1 Å². The number of nitrogens with zero attached hydrogens (tertiary/aromatic N) is 3. The van der Waals surface area contributed by atoms with Crippen LogP contribution in [0.4, 0.5) is 17.1 Å². The SMILES string of the molecule is C1=C(C2=NC(c3ccccc3)NC(n3c4cc(-c5ccc6c(c5)N(c5ccccc5)c5ccccc5O6)ccc4c4c5ccccc5ccc43)=C2)CCC(c2ccccc2)=C1. The average Bonchev–Trinajstić information content (AvgIpc) is 3.68. The highest BCUT2D eigenvalue weighted by atomic mass is 16.5. The summed E-state index contributed by atoms with van der Waals surface area (Å²) in [5, 5.41) is 8.80. The summed E-state index contributed by atoms with van der Waals surface area (Å²) in [6.07, 6.45) is 8.44. The smallest absolute Gasteiger partial charge is 0.151 e. The van der Waals surface area contributed by atoms with Crippen molar-refractivity contribution in [3.8, 4) is 22.6 Å². The van der Waals surface area contributed by atoms with Gasteiger partial charge in [-0.15, -0.1) is 0 Å². The van der Waals surface area contributed by atoms with E-state index >= 15 is 0 Å². The van der Waals surface area contributed by atoms with Crippen molar-refractivity contribution in [3.05, 3.63) is 223 Å². The van der Waals surface area contributed by atoms with Gasteiger partial charge in [0.25, 0.3) is 0 Å². The summed E-state index contributed by atoms with van der Waals surface area (Å²) < 4.78 is 8.95. The van der Waals surface area contributed by atoms with Crippen LogP contribution < -0.4 is 15.0 Å². The van der Waals surface area contributed by atoms with Crippen molar-refractivity contribution in [1.29, 1.82) is 0 Å². The number of anilines is 3. The van der Waals surface area contributed by atoms with E-state index in [0.717, 1.165) is 80.7 Å². The Morgan fingerprint density at radius 1 is 0.525 bits per heavy atom. The molecule has 0 spiro atoms. The molecule has 12 rings (SSSR count). The summed E-state index contributed by atoms with van der Waals surface area (Å²) in [5.41, 5.74) is 13.6. The normalized spacial score (nSPS) is 15.9. The number of nitrogens with one attached hydrogen (secondary N) is 1. The zero-order chi connectivity index (χ0) is 40.3. The molecule has 8 aromatic carbocycles. The molecule has 1 aromatic heterocycles. The predicted molar refractivity (Wildman–Crippen MR) is 253 cm³/mol. The first-order valence-corrected chi connectivity index (χ1v) is 21.0. The van der Waals surface area contributed by atoms with Gasteiger partial charge in [-0.2, -0.15) is 0 Å². The molecule has 0 bridgehead atoms. The molecule has 0 saturated heterocycles. The van der Waals surface area contributed by atoms with Gasteiger partial charge in [0.15, 0.2) is 11.5 Å². The molecule has 2 aliphatic heterocycles. The Morgan fingerprint density at radius 2 is 1.21 bits per heavy atom.